The minimum Gasteiger partial charge on any atom is -0.497 e. The van der Waals surface area contributed by atoms with Gasteiger partial charge in [0, 0.05) is 35.3 Å². The van der Waals surface area contributed by atoms with Crippen LogP contribution < -0.4 is 4.74 Å². The number of aliphatic hydroxyl groups excluding tert-OH is 1. The van der Waals surface area contributed by atoms with E-state index in [2.05, 4.69) is 9.88 Å². The van der Waals surface area contributed by atoms with Crippen LogP contribution in [-0.2, 0) is 4.79 Å². The summed E-state index contributed by atoms with van der Waals surface area (Å²) in [6.07, 6.45) is 2.91. The SMILES string of the molecule is COc1ccc2nccc(C(O)CC[C@@H]3CCN(CCSc4c(Cl)cccc4Cl)C[C@@H]3C(=O)O)c2c1. The zero-order valence-electron chi connectivity index (χ0n) is 20.1. The van der Waals surface area contributed by atoms with Crippen molar-refractivity contribution >= 4 is 51.8 Å². The molecule has 0 radical (unpaired) electrons. The average molecular weight is 550 g/mol. The van der Waals surface area contributed by atoms with Crippen LogP contribution in [-0.4, -0.2) is 58.6 Å². The van der Waals surface area contributed by atoms with Crippen molar-refractivity contribution in [3.05, 3.63) is 64.3 Å². The lowest BCUT2D eigenvalue weighted by molar-refractivity contribution is -0.146. The lowest BCUT2D eigenvalue weighted by Crippen LogP contribution is -2.44. The number of pyridine rings is 1. The highest BCUT2D eigenvalue weighted by molar-refractivity contribution is 7.99. The smallest absolute Gasteiger partial charge is 0.308 e. The number of piperidine rings is 1. The Morgan fingerprint density at radius 3 is 2.75 bits per heavy atom. The number of nitrogens with zero attached hydrogens (tertiary/aromatic N) is 2. The number of halogens is 2. The van der Waals surface area contributed by atoms with Gasteiger partial charge in [0.25, 0.3) is 0 Å². The Bertz CT molecular complexity index is 1190. The topological polar surface area (TPSA) is 82.9 Å². The van der Waals surface area contributed by atoms with Crippen LogP contribution in [0.4, 0.5) is 0 Å². The first kappa shape index (κ1) is 27.0. The first-order valence-corrected chi connectivity index (χ1v) is 13.7. The molecule has 4 rings (SSSR count). The van der Waals surface area contributed by atoms with Crippen LogP contribution in [0.25, 0.3) is 10.9 Å². The summed E-state index contributed by atoms with van der Waals surface area (Å²) in [5.41, 5.74) is 1.58. The third kappa shape index (κ3) is 6.45. The molecule has 3 atom stereocenters. The van der Waals surface area contributed by atoms with E-state index in [-0.39, 0.29) is 5.92 Å². The van der Waals surface area contributed by atoms with Crippen LogP contribution in [0.15, 0.2) is 53.6 Å². The Hall–Kier alpha value is -2.03. The fourth-order valence-corrected chi connectivity index (χ4v) is 6.58. The lowest BCUT2D eigenvalue weighted by atomic mass is 9.81. The molecular formula is C27H30Cl2N2O4S. The van der Waals surface area contributed by atoms with Gasteiger partial charge in [-0.1, -0.05) is 29.3 Å². The number of hydrogen-bond donors (Lipinski definition) is 2. The molecule has 2 N–H and O–H groups in total. The van der Waals surface area contributed by atoms with Crippen molar-refractivity contribution in [2.45, 2.75) is 30.3 Å². The highest BCUT2D eigenvalue weighted by Gasteiger charge is 2.34. The zero-order valence-corrected chi connectivity index (χ0v) is 22.4. The van der Waals surface area contributed by atoms with Crippen LogP contribution in [0.2, 0.25) is 10.0 Å². The van der Waals surface area contributed by atoms with Crippen LogP contribution in [0.3, 0.4) is 0 Å². The van der Waals surface area contributed by atoms with Gasteiger partial charge in [0.05, 0.1) is 34.7 Å². The summed E-state index contributed by atoms with van der Waals surface area (Å²) in [6, 6.07) is 12.9. The van der Waals surface area contributed by atoms with Crippen molar-refractivity contribution in [3.8, 4) is 5.75 Å². The molecule has 0 spiro atoms. The second-order valence-corrected chi connectivity index (χ2v) is 11.0. The first-order valence-electron chi connectivity index (χ1n) is 12.0. The molecule has 36 heavy (non-hydrogen) atoms. The van der Waals surface area contributed by atoms with Crippen molar-refractivity contribution in [3.63, 3.8) is 0 Å². The van der Waals surface area contributed by atoms with Gasteiger partial charge in [-0.2, -0.15) is 0 Å². The minimum absolute atomic E-state index is 0.0155. The summed E-state index contributed by atoms with van der Waals surface area (Å²) in [4.78, 5) is 19.5. The number of rotatable bonds is 10. The molecule has 1 fully saturated rings. The standard InChI is InChI=1S/C27H30Cl2N2O4S/c1-35-18-6-7-24-20(15-18)19(9-11-30-24)25(32)8-5-17-10-12-31(16-21(17)27(33)34)13-14-36-26-22(28)3-2-4-23(26)29/h2-4,6-7,9,11,15,17,21,25,32H,5,8,10,12-14,16H2,1H3,(H,33,34)/t17-,21+,25?/m1/s1. The molecule has 1 unspecified atom stereocenters. The molecule has 1 aliphatic heterocycles. The fourth-order valence-electron chi connectivity index (χ4n) is 4.89. The number of fused-ring (bicyclic) bond motifs is 1. The normalized spacial score (nSPS) is 19.3. The number of benzene rings is 2. The first-order chi connectivity index (χ1) is 17.4. The van der Waals surface area contributed by atoms with Gasteiger partial charge in [0.15, 0.2) is 0 Å². The van der Waals surface area contributed by atoms with Gasteiger partial charge >= 0.3 is 5.97 Å². The predicted octanol–water partition coefficient (Wildman–Crippen LogP) is 6.18. The largest absolute Gasteiger partial charge is 0.497 e. The van der Waals surface area contributed by atoms with Crippen LogP contribution in [0, 0.1) is 11.8 Å². The number of carboxylic acids is 1. The van der Waals surface area contributed by atoms with E-state index in [1.807, 2.05) is 42.5 Å². The van der Waals surface area contributed by atoms with E-state index < -0.39 is 18.0 Å². The average Bonchev–Trinajstić information content (AvgIpc) is 2.88. The molecule has 1 aromatic heterocycles. The van der Waals surface area contributed by atoms with Gasteiger partial charge in [0.1, 0.15) is 5.75 Å². The van der Waals surface area contributed by atoms with Gasteiger partial charge in [-0.15, -0.1) is 11.8 Å². The Morgan fingerprint density at radius 2 is 2.03 bits per heavy atom. The molecule has 0 bridgehead atoms. The molecule has 6 nitrogen and oxygen atoms in total. The Balaban J connectivity index is 1.34. The number of ether oxygens (including phenoxy) is 1. The van der Waals surface area contributed by atoms with E-state index >= 15 is 0 Å². The third-order valence-corrected chi connectivity index (χ3v) is 8.85. The van der Waals surface area contributed by atoms with Gasteiger partial charge in [-0.3, -0.25) is 9.78 Å². The Morgan fingerprint density at radius 1 is 1.25 bits per heavy atom. The number of hydrogen-bond acceptors (Lipinski definition) is 6. The maximum Gasteiger partial charge on any atom is 0.308 e. The second-order valence-electron chi connectivity index (χ2n) is 9.07. The van der Waals surface area contributed by atoms with Gasteiger partial charge in [0.2, 0.25) is 0 Å². The minimum atomic E-state index is -0.778. The number of likely N-dealkylation sites (tertiary alicyclic amines) is 1. The molecule has 0 amide bonds. The van der Waals surface area contributed by atoms with Crippen LogP contribution >= 0.6 is 35.0 Å². The van der Waals surface area contributed by atoms with Gasteiger partial charge < -0.3 is 19.8 Å². The maximum absolute atomic E-state index is 12.1. The van der Waals surface area contributed by atoms with E-state index in [1.54, 1.807) is 25.1 Å². The van der Waals surface area contributed by atoms with Crippen molar-refractivity contribution in [2.75, 3.05) is 32.5 Å². The number of carbonyl (C=O) groups is 1. The summed E-state index contributed by atoms with van der Waals surface area (Å²) in [5.74, 6) is 0.255. The van der Waals surface area contributed by atoms with Gasteiger partial charge in [-0.05, 0) is 73.7 Å². The molecular weight excluding hydrogens is 519 g/mol. The number of aliphatic hydroxyl groups is 1. The monoisotopic (exact) mass is 548 g/mol. The zero-order chi connectivity index (χ0) is 25.7. The quantitative estimate of drug-likeness (QED) is 0.292. The summed E-state index contributed by atoms with van der Waals surface area (Å²) < 4.78 is 5.33. The summed E-state index contributed by atoms with van der Waals surface area (Å²) in [7, 11) is 1.61. The van der Waals surface area contributed by atoms with Crippen molar-refractivity contribution in [1.82, 2.24) is 9.88 Å². The maximum atomic E-state index is 12.1. The van der Waals surface area contributed by atoms with Crippen LogP contribution in [0.1, 0.15) is 30.9 Å². The van der Waals surface area contributed by atoms with Crippen LogP contribution in [0.5, 0.6) is 5.75 Å². The Labute approximate surface area is 225 Å². The molecule has 1 aliphatic rings. The molecule has 192 valence electrons. The Kier molecular flexibility index (Phi) is 9.36. The number of thioether (sulfide) groups is 1. The fraction of sp³-hybridized carbons (Fsp3) is 0.407. The number of carboxylic acid groups (broad SMARTS) is 1. The number of aromatic nitrogens is 1. The molecule has 1 saturated heterocycles. The summed E-state index contributed by atoms with van der Waals surface area (Å²) in [6.45, 7) is 2.09. The predicted molar refractivity (Wildman–Crippen MR) is 145 cm³/mol. The van der Waals surface area contributed by atoms with Crippen molar-refractivity contribution in [1.29, 1.82) is 0 Å². The van der Waals surface area contributed by atoms with Crippen molar-refractivity contribution < 1.29 is 19.7 Å². The molecule has 9 heteroatoms. The van der Waals surface area contributed by atoms with E-state index in [0.717, 1.165) is 46.6 Å². The van der Waals surface area contributed by atoms with E-state index in [1.165, 1.54) is 0 Å². The molecule has 3 aromatic rings. The highest BCUT2D eigenvalue weighted by Crippen LogP contribution is 2.36. The van der Waals surface area contributed by atoms with Crippen molar-refractivity contribution in [2.24, 2.45) is 11.8 Å². The van der Waals surface area contributed by atoms with E-state index in [4.69, 9.17) is 27.9 Å². The number of aliphatic carboxylic acids is 1. The molecule has 2 aromatic carbocycles. The lowest BCUT2D eigenvalue weighted by Gasteiger charge is -2.37. The van der Waals surface area contributed by atoms with E-state index in [0.29, 0.717) is 35.2 Å². The molecule has 2 heterocycles. The summed E-state index contributed by atoms with van der Waals surface area (Å²) >= 11 is 14.1. The van der Waals surface area contributed by atoms with E-state index in [9.17, 15) is 15.0 Å². The third-order valence-electron chi connectivity index (χ3n) is 6.88. The van der Waals surface area contributed by atoms with Gasteiger partial charge in [-0.25, -0.2) is 0 Å². The highest BCUT2D eigenvalue weighted by atomic mass is 35.5. The summed E-state index contributed by atoms with van der Waals surface area (Å²) in [5, 5.41) is 23.1. The molecule has 0 aliphatic carbocycles. The number of methoxy groups -OCH3 is 1. The molecule has 0 saturated carbocycles. The second kappa shape index (κ2) is 12.5.